The monoisotopic (exact) mass is 294 g/mol. The third-order valence-electron chi connectivity index (χ3n) is 2.38. The number of carbonyl (C=O) groups is 2. The van der Waals surface area contributed by atoms with Gasteiger partial charge in [-0.05, 0) is 12.8 Å². The summed E-state index contributed by atoms with van der Waals surface area (Å²) in [6, 6.07) is 0. The van der Waals surface area contributed by atoms with E-state index in [-0.39, 0.29) is 13.2 Å². The van der Waals surface area contributed by atoms with E-state index in [1.165, 1.54) is 0 Å². The van der Waals surface area contributed by atoms with Gasteiger partial charge in [0.25, 0.3) is 0 Å². The molecule has 0 unspecified atom stereocenters. The Morgan fingerprint density at radius 3 is 1.35 bits per heavy atom. The van der Waals surface area contributed by atoms with Crippen LogP contribution in [-0.2, 0) is 19.1 Å². The minimum Gasteiger partial charge on any atom is -0.464 e. The van der Waals surface area contributed by atoms with Gasteiger partial charge in [0.05, 0.1) is 13.2 Å². The van der Waals surface area contributed by atoms with Gasteiger partial charge < -0.3 is 29.9 Å². The van der Waals surface area contributed by atoms with Crippen molar-refractivity contribution in [2.45, 2.75) is 51.1 Å². The number of carbonyl (C=O) groups excluding carboxylic acids is 2. The van der Waals surface area contributed by atoms with Crippen molar-refractivity contribution < 1.29 is 39.5 Å². The van der Waals surface area contributed by atoms with Gasteiger partial charge in [0.2, 0.25) is 0 Å². The van der Waals surface area contributed by atoms with E-state index in [0.29, 0.717) is 12.8 Å². The van der Waals surface area contributed by atoms with E-state index >= 15 is 0 Å². The summed E-state index contributed by atoms with van der Waals surface area (Å²) < 4.78 is 9.14. The smallest absolute Gasteiger partial charge is 0.337 e. The molecule has 118 valence electrons. The molecule has 8 heteroatoms. The van der Waals surface area contributed by atoms with Crippen molar-refractivity contribution in [1.82, 2.24) is 0 Å². The Kier molecular flexibility index (Phi) is 9.06. The molecule has 0 spiro atoms. The second-order valence-electron chi connectivity index (χ2n) is 4.21. The maximum Gasteiger partial charge on any atom is 0.337 e. The summed E-state index contributed by atoms with van der Waals surface area (Å²) >= 11 is 0. The average Bonchev–Trinajstić information content (AvgIpc) is 2.46. The zero-order chi connectivity index (χ0) is 15.7. The summed E-state index contributed by atoms with van der Waals surface area (Å²) in [5, 5.41) is 37.9. The van der Waals surface area contributed by atoms with Crippen LogP contribution in [0.2, 0.25) is 0 Å². The molecule has 4 N–H and O–H groups in total. The Labute approximate surface area is 116 Å². The molecule has 20 heavy (non-hydrogen) atoms. The van der Waals surface area contributed by atoms with Crippen LogP contribution in [0.5, 0.6) is 0 Å². The van der Waals surface area contributed by atoms with Crippen LogP contribution in [0.15, 0.2) is 0 Å². The molecule has 0 aliphatic rings. The van der Waals surface area contributed by atoms with Crippen molar-refractivity contribution in [1.29, 1.82) is 0 Å². The van der Waals surface area contributed by atoms with Gasteiger partial charge in [-0.3, -0.25) is 0 Å². The number of hydrogen-bond donors (Lipinski definition) is 4. The first-order valence-electron chi connectivity index (χ1n) is 6.42. The number of aliphatic hydroxyl groups excluding tert-OH is 4. The highest BCUT2D eigenvalue weighted by Gasteiger charge is 2.38. The highest BCUT2D eigenvalue weighted by Crippen LogP contribution is 2.08. The van der Waals surface area contributed by atoms with Crippen molar-refractivity contribution in [2.24, 2.45) is 0 Å². The average molecular weight is 294 g/mol. The van der Waals surface area contributed by atoms with Gasteiger partial charge >= 0.3 is 11.9 Å². The van der Waals surface area contributed by atoms with Crippen LogP contribution in [-0.4, -0.2) is 70.0 Å². The molecule has 0 aromatic heterocycles. The van der Waals surface area contributed by atoms with Crippen LogP contribution in [0.1, 0.15) is 26.7 Å². The molecule has 0 heterocycles. The molecule has 8 nitrogen and oxygen atoms in total. The second-order valence-corrected chi connectivity index (χ2v) is 4.21. The zero-order valence-electron chi connectivity index (χ0n) is 11.6. The molecule has 0 saturated heterocycles. The van der Waals surface area contributed by atoms with Gasteiger partial charge in [0, 0.05) is 0 Å². The SMILES string of the molecule is CCCOC(=O)[C@@H](O)[C@@H](O)[C@H](O)[C@H](O)C(=O)OCCC. The fraction of sp³-hybridized carbons (Fsp3) is 0.833. The summed E-state index contributed by atoms with van der Waals surface area (Å²) in [6.45, 7) is 3.55. The molecule has 0 bridgehead atoms. The quantitative estimate of drug-likeness (QED) is 0.371. The summed E-state index contributed by atoms with van der Waals surface area (Å²) in [6.07, 6.45) is -7.23. The van der Waals surface area contributed by atoms with Crippen LogP contribution in [0.4, 0.5) is 0 Å². The van der Waals surface area contributed by atoms with Gasteiger partial charge in [-0.1, -0.05) is 13.8 Å². The van der Waals surface area contributed by atoms with E-state index in [1.54, 1.807) is 13.8 Å². The van der Waals surface area contributed by atoms with Gasteiger partial charge in [0.1, 0.15) is 12.2 Å². The lowest BCUT2D eigenvalue weighted by Gasteiger charge is -2.24. The molecular weight excluding hydrogens is 272 g/mol. The molecule has 0 fully saturated rings. The van der Waals surface area contributed by atoms with Gasteiger partial charge in [-0.25, -0.2) is 9.59 Å². The molecule has 0 amide bonds. The number of esters is 2. The topological polar surface area (TPSA) is 134 Å². The maximum atomic E-state index is 11.3. The number of rotatable bonds is 9. The third kappa shape index (κ3) is 5.83. The lowest BCUT2D eigenvalue weighted by atomic mass is 10.0. The zero-order valence-corrected chi connectivity index (χ0v) is 11.6. The van der Waals surface area contributed by atoms with Gasteiger partial charge in [-0.2, -0.15) is 0 Å². The third-order valence-corrected chi connectivity index (χ3v) is 2.38. The van der Waals surface area contributed by atoms with Crippen molar-refractivity contribution in [2.75, 3.05) is 13.2 Å². The van der Waals surface area contributed by atoms with Crippen molar-refractivity contribution in [3.05, 3.63) is 0 Å². The fourth-order valence-corrected chi connectivity index (χ4v) is 1.23. The predicted molar refractivity (Wildman–Crippen MR) is 66.5 cm³/mol. The molecule has 0 rings (SSSR count). The fourth-order valence-electron chi connectivity index (χ4n) is 1.23. The van der Waals surface area contributed by atoms with Crippen LogP contribution in [0.25, 0.3) is 0 Å². The first-order valence-corrected chi connectivity index (χ1v) is 6.42. The largest absolute Gasteiger partial charge is 0.464 e. The number of ether oxygens (including phenoxy) is 2. The Bertz CT molecular complexity index is 276. The lowest BCUT2D eigenvalue weighted by molar-refractivity contribution is -0.179. The van der Waals surface area contributed by atoms with Crippen LogP contribution in [0.3, 0.4) is 0 Å². The summed E-state index contributed by atoms with van der Waals surface area (Å²) in [5.41, 5.74) is 0. The van der Waals surface area contributed by atoms with Gasteiger partial charge in [-0.15, -0.1) is 0 Å². The van der Waals surface area contributed by atoms with E-state index in [0.717, 1.165) is 0 Å². The van der Waals surface area contributed by atoms with E-state index < -0.39 is 36.4 Å². The van der Waals surface area contributed by atoms with Crippen molar-refractivity contribution in [3.63, 3.8) is 0 Å². The number of aliphatic hydroxyl groups is 4. The Balaban J connectivity index is 4.46. The summed E-state index contributed by atoms with van der Waals surface area (Å²) in [5.74, 6) is -2.29. The standard InChI is InChI=1S/C12H22O8/c1-3-5-19-11(17)9(15)7(13)8(14)10(16)12(18)20-6-4-2/h7-10,13-16H,3-6H2,1-2H3/t7-,8-,9-,10-/m0/s1. The van der Waals surface area contributed by atoms with Crippen LogP contribution in [0, 0.1) is 0 Å². The first kappa shape index (κ1) is 18.8. The molecule has 0 aromatic carbocycles. The highest BCUT2D eigenvalue weighted by molar-refractivity contribution is 5.77. The van der Waals surface area contributed by atoms with Gasteiger partial charge in [0.15, 0.2) is 12.2 Å². The molecule has 0 radical (unpaired) electrons. The maximum absolute atomic E-state index is 11.3. The van der Waals surface area contributed by atoms with Crippen molar-refractivity contribution >= 4 is 11.9 Å². The van der Waals surface area contributed by atoms with Crippen LogP contribution < -0.4 is 0 Å². The van der Waals surface area contributed by atoms with Crippen molar-refractivity contribution in [3.8, 4) is 0 Å². The Morgan fingerprint density at radius 2 is 1.10 bits per heavy atom. The minimum absolute atomic E-state index is 0.0415. The molecule has 0 saturated carbocycles. The summed E-state index contributed by atoms with van der Waals surface area (Å²) in [4.78, 5) is 22.5. The molecular formula is C12H22O8. The van der Waals surface area contributed by atoms with Crippen LogP contribution >= 0.6 is 0 Å². The number of hydrogen-bond acceptors (Lipinski definition) is 8. The molecule has 4 atom stereocenters. The Morgan fingerprint density at radius 1 is 0.800 bits per heavy atom. The molecule has 0 aliphatic carbocycles. The van der Waals surface area contributed by atoms with E-state index in [9.17, 15) is 30.0 Å². The first-order chi connectivity index (χ1) is 9.36. The second kappa shape index (κ2) is 9.65. The van der Waals surface area contributed by atoms with E-state index in [4.69, 9.17) is 0 Å². The lowest BCUT2D eigenvalue weighted by Crippen LogP contribution is -2.50. The molecule has 0 aliphatic heterocycles. The summed E-state index contributed by atoms with van der Waals surface area (Å²) in [7, 11) is 0. The molecule has 0 aromatic rings. The minimum atomic E-state index is -2.07. The normalized spacial score (nSPS) is 16.9. The van der Waals surface area contributed by atoms with E-state index in [2.05, 4.69) is 9.47 Å². The predicted octanol–water partition coefficient (Wildman–Crippen LogP) is -1.66. The Hall–Kier alpha value is -1.22. The van der Waals surface area contributed by atoms with E-state index in [1.807, 2.05) is 0 Å². The highest BCUT2D eigenvalue weighted by atomic mass is 16.6.